The molecule has 5 heteroatoms. The summed E-state index contributed by atoms with van der Waals surface area (Å²) in [7, 11) is 4.43. The summed E-state index contributed by atoms with van der Waals surface area (Å²) in [6.07, 6.45) is 11.9. The van der Waals surface area contributed by atoms with Crippen LogP contribution < -0.4 is 0 Å². The van der Waals surface area contributed by atoms with Crippen LogP contribution in [0.3, 0.4) is 0 Å². The molecule has 3 saturated heterocycles. The number of rotatable bonds is 5. The molecular formula is C30H66N4O. The zero-order valence-corrected chi connectivity index (χ0v) is 25.7. The predicted molar refractivity (Wildman–Crippen MR) is 157 cm³/mol. The number of hydrogen-bond donors (Lipinski definition) is 0. The van der Waals surface area contributed by atoms with Gasteiger partial charge in [-0.25, -0.2) is 0 Å². The van der Waals surface area contributed by atoms with Gasteiger partial charge in [0, 0.05) is 52.4 Å². The van der Waals surface area contributed by atoms with E-state index in [1.807, 2.05) is 41.5 Å². The van der Waals surface area contributed by atoms with E-state index in [2.05, 4.69) is 40.6 Å². The lowest BCUT2D eigenvalue weighted by molar-refractivity contribution is -0.0532. The van der Waals surface area contributed by atoms with E-state index < -0.39 is 0 Å². The molecule has 1 unspecified atom stereocenters. The summed E-state index contributed by atoms with van der Waals surface area (Å²) in [4.78, 5) is 10.1. The Kier molecular flexibility index (Phi) is 22.8. The first-order valence-electron chi connectivity index (χ1n) is 15.6. The number of hydrogen-bond acceptors (Lipinski definition) is 5. The molecule has 1 saturated carbocycles. The maximum atomic E-state index is 6.15. The Labute approximate surface area is 221 Å². The molecule has 4 aliphatic rings. The lowest BCUT2D eigenvalue weighted by atomic mass is 9.97. The van der Waals surface area contributed by atoms with Crippen molar-refractivity contribution in [1.82, 2.24) is 19.6 Å². The van der Waals surface area contributed by atoms with Crippen LogP contribution in [0.25, 0.3) is 0 Å². The van der Waals surface area contributed by atoms with Crippen LogP contribution in [0.4, 0.5) is 0 Å². The van der Waals surface area contributed by atoms with E-state index in [0.717, 1.165) is 5.92 Å². The summed E-state index contributed by atoms with van der Waals surface area (Å²) >= 11 is 0. The molecule has 35 heavy (non-hydrogen) atoms. The summed E-state index contributed by atoms with van der Waals surface area (Å²) in [5, 5.41) is 0. The second-order valence-electron chi connectivity index (χ2n) is 10.1. The lowest BCUT2D eigenvalue weighted by Gasteiger charge is -2.33. The van der Waals surface area contributed by atoms with Crippen LogP contribution in [-0.2, 0) is 4.74 Å². The molecule has 4 fully saturated rings. The minimum absolute atomic E-state index is 0.564. The standard InChI is InChI=1S/C12H25N3.C12H23NO.3C2H6/c1-3-14-5-4-12(10-14)11-15-8-6-13(2)7-9-15;1-13-9-7-12(8-10-13)14-11-5-3-2-4-6-11;3*1-2/h12H,3-11H2,1-2H3;11-12H,2-10H2,1H3;3*1-2H3. The Morgan fingerprint density at radius 1 is 0.571 bits per heavy atom. The molecular weight excluding hydrogens is 432 g/mol. The normalized spacial score (nSPS) is 25.1. The molecule has 0 aromatic heterocycles. The van der Waals surface area contributed by atoms with Crippen LogP contribution >= 0.6 is 0 Å². The topological polar surface area (TPSA) is 22.2 Å². The lowest BCUT2D eigenvalue weighted by Crippen LogP contribution is -2.46. The highest BCUT2D eigenvalue weighted by molar-refractivity contribution is 4.79. The molecule has 0 radical (unpaired) electrons. The van der Waals surface area contributed by atoms with E-state index in [1.54, 1.807) is 0 Å². The summed E-state index contributed by atoms with van der Waals surface area (Å²) in [6.45, 7) is 27.0. The third-order valence-electron chi connectivity index (χ3n) is 7.53. The average Bonchev–Trinajstić information content (AvgIpc) is 3.39. The first kappa shape index (κ1) is 34.8. The fraction of sp³-hybridized carbons (Fsp3) is 1.00. The number of piperidine rings is 1. The molecule has 0 N–H and O–H groups in total. The van der Waals surface area contributed by atoms with Gasteiger partial charge in [-0.2, -0.15) is 0 Å². The van der Waals surface area contributed by atoms with Gasteiger partial charge in [0.2, 0.25) is 0 Å². The zero-order chi connectivity index (χ0) is 26.5. The van der Waals surface area contributed by atoms with Crippen LogP contribution in [0.5, 0.6) is 0 Å². The van der Waals surface area contributed by atoms with Crippen molar-refractivity contribution in [3.63, 3.8) is 0 Å². The Morgan fingerprint density at radius 3 is 1.60 bits per heavy atom. The van der Waals surface area contributed by atoms with Gasteiger partial charge in [0.25, 0.3) is 0 Å². The highest BCUT2D eigenvalue weighted by Gasteiger charge is 2.25. The van der Waals surface area contributed by atoms with Gasteiger partial charge in [0.1, 0.15) is 0 Å². The van der Waals surface area contributed by atoms with Crippen molar-refractivity contribution in [3.8, 4) is 0 Å². The second kappa shape index (κ2) is 23.0. The van der Waals surface area contributed by atoms with Crippen molar-refractivity contribution in [3.05, 3.63) is 0 Å². The van der Waals surface area contributed by atoms with Gasteiger partial charge in [0.15, 0.2) is 0 Å². The zero-order valence-electron chi connectivity index (χ0n) is 25.7. The molecule has 0 spiro atoms. The minimum atomic E-state index is 0.564. The molecule has 5 nitrogen and oxygen atoms in total. The van der Waals surface area contributed by atoms with Crippen LogP contribution in [0.15, 0.2) is 0 Å². The van der Waals surface area contributed by atoms with Gasteiger partial charge in [-0.15, -0.1) is 0 Å². The van der Waals surface area contributed by atoms with Gasteiger partial charge in [-0.3, -0.25) is 0 Å². The van der Waals surface area contributed by atoms with Crippen molar-refractivity contribution in [2.45, 2.75) is 112 Å². The molecule has 3 aliphatic heterocycles. The molecule has 0 aromatic rings. The fourth-order valence-electron chi connectivity index (χ4n) is 5.34. The summed E-state index contributed by atoms with van der Waals surface area (Å²) < 4.78 is 6.15. The Morgan fingerprint density at radius 2 is 1.09 bits per heavy atom. The molecule has 0 amide bonds. The maximum Gasteiger partial charge on any atom is 0.0603 e. The van der Waals surface area contributed by atoms with Gasteiger partial charge in [-0.05, 0) is 65.2 Å². The number of likely N-dealkylation sites (tertiary alicyclic amines) is 2. The van der Waals surface area contributed by atoms with E-state index >= 15 is 0 Å². The van der Waals surface area contributed by atoms with Gasteiger partial charge in [0.05, 0.1) is 12.2 Å². The van der Waals surface area contributed by atoms with E-state index in [4.69, 9.17) is 4.74 Å². The number of nitrogens with zero attached hydrogens (tertiary/aromatic N) is 4. The first-order valence-corrected chi connectivity index (χ1v) is 15.6. The van der Waals surface area contributed by atoms with Crippen molar-refractivity contribution < 1.29 is 4.74 Å². The minimum Gasteiger partial charge on any atom is -0.375 e. The number of ether oxygens (including phenoxy) is 1. The average molecular weight is 499 g/mol. The van der Waals surface area contributed by atoms with Gasteiger partial charge >= 0.3 is 0 Å². The third kappa shape index (κ3) is 15.6. The van der Waals surface area contributed by atoms with Crippen LogP contribution in [0.1, 0.15) is 99.8 Å². The Bertz CT molecular complexity index is 428. The monoisotopic (exact) mass is 499 g/mol. The molecule has 1 aliphatic carbocycles. The molecule has 1 atom stereocenters. The first-order chi connectivity index (χ1) is 17.1. The van der Waals surface area contributed by atoms with E-state index in [-0.39, 0.29) is 0 Å². The smallest absolute Gasteiger partial charge is 0.0603 e. The Hall–Kier alpha value is -0.200. The predicted octanol–water partition coefficient (Wildman–Crippen LogP) is 6.08. The summed E-state index contributed by atoms with van der Waals surface area (Å²) in [6, 6.07) is 0. The SMILES string of the molecule is CC.CC.CC.CCN1CCC(CN2CCN(C)CC2)C1.CN1CCC(OC2CCCCC2)CC1. The highest BCUT2D eigenvalue weighted by Crippen LogP contribution is 2.24. The molecule has 3 heterocycles. The third-order valence-corrected chi connectivity index (χ3v) is 7.53. The van der Waals surface area contributed by atoms with Crippen molar-refractivity contribution in [2.75, 3.05) is 79.5 Å². The van der Waals surface area contributed by atoms with Crippen LogP contribution in [0, 0.1) is 5.92 Å². The number of likely N-dealkylation sites (N-methyl/N-ethyl adjacent to an activating group) is 1. The van der Waals surface area contributed by atoms with E-state index in [1.165, 1.54) is 117 Å². The van der Waals surface area contributed by atoms with Crippen molar-refractivity contribution >= 4 is 0 Å². The Balaban J connectivity index is 0.000000546. The largest absolute Gasteiger partial charge is 0.375 e. The molecule has 212 valence electrons. The van der Waals surface area contributed by atoms with Crippen LogP contribution in [-0.4, -0.2) is 111 Å². The quantitative estimate of drug-likeness (QED) is 0.456. The van der Waals surface area contributed by atoms with Gasteiger partial charge < -0.3 is 24.3 Å². The summed E-state index contributed by atoms with van der Waals surface area (Å²) in [5.41, 5.74) is 0. The fourth-order valence-corrected chi connectivity index (χ4v) is 5.34. The summed E-state index contributed by atoms with van der Waals surface area (Å²) in [5.74, 6) is 0.938. The molecule has 0 aromatic carbocycles. The van der Waals surface area contributed by atoms with Crippen molar-refractivity contribution in [2.24, 2.45) is 5.92 Å². The van der Waals surface area contributed by atoms with Gasteiger partial charge in [-0.1, -0.05) is 67.7 Å². The molecule has 4 rings (SSSR count). The molecule has 0 bridgehead atoms. The van der Waals surface area contributed by atoms with E-state index in [9.17, 15) is 0 Å². The van der Waals surface area contributed by atoms with Crippen molar-refractivity contribution in [1.29, 1.82) is 0 Å². The second-order valence-corrected chi connectivity index (χ2v) is 10.1. The highest BCUT2D eigenvalue weighted by atomic mass is 16.5. The number of piperazine rings is 1. The maximum absolute atomic E-state index is 6.15. The van der Waals surface area contributed by atoms with E-state index in [0.29, 0.717) is 12.2 Å². The van der Waals surface area contributed by atoms with Crippen LogP contribution in [0.2, 0.25) is 0 Å².